The van der Waals surface area contributed by atoms with Gasteiger partial charge in [-0.25, -0.2) is 4.79 Å². The molecule has 0 saturated heterocycles. The van der Waals surface area contributed by atoms with Crippen molar-refractivity contribution in [1.29, 1.82) is 0 Å². The predicted molar refractivity (Wildman–Crippen MR) is 32.2 cm³/mol. The third kappa shape index (κ3) is 3.73. The lowest BCUT2D eigenvalue weighted by Gasteiger charge is -1.99. The molecule has 0 aliphatic heterocycles. The molecule has 0 N–H and O–H groups in total. The maximum Gasteiger partial charge on any atom is 0.335 e. The molecular formula is C6H9O3. The van der Waals surface area contributed by atoms with Crippen LogP contribution in [0.2, 0.25) is 0 Å². The minimum atomic E-state index is -0.460. The van der Waals surface area contributed by atoms with Crippen molar-refractivity contribution in [3.63, 3.8) is 0 Å². The van der Waals surface area contributed by atoms with Gasteiger partial charge < -0.3 is 9.47 Å². The SMILES string of the molecule is [CH2]OCOC(=O)C(=C)C. The summed E-state index contributed by atoms with van der Waals surface area (Å²) in [7, 11) is 3.01. The summed E-state index contributed by atoms with van der Waals surface area (Å²) in [6.45, 7) is 4.80. The molecule has 0 rings (SSSR count). The lowest BCUT2D eigenvalue weighted by molar-refractivity contribution is -0.147. The van der Waals surface area contributed by atoms with Crippen molar-refractivity contribution in [2.24, 2.45) is 0 Å². The average molecular weight is 129 g/mol. The van der Waals surface area contributed by atoms with Crippen molar-refractivity contribution in [1.82, 2.24) is 0 Å². The highest BCUT2D eigenvalue weighted by Crippen LogP contribution is 1.90. The number of esters is 1. The lowest BCUT2D eigenvalue weighted by Crippen LogP contribution is -2.06. The van der Waals surface area contributed by atoms with Gasteiger partial charge in [0.05, 0.1) is 7.11 Å². The van der Waals surface area contributed by atoms with Gasteiger partial charge >= 0.3 is 5.97 Å². The Morgan fingerprint density at radius 3 is 2.56 bits per heavy atom. The molecule has 0 aromatic carbocycles. The Kier molecular flexibility index (Phi) is 3.71. The molecule has 3 nitrogen and oxygen atoms in total. The van der Waals surface area contributed by atoms with E-state index in [1.54, 1.807) is 6.92 Å². The van der Waals surface area contributed by atoms with E-state index in [0.717, 1.165) is 0 Å². The molecule has 0 heterocycles. The van der Waals surface area contributed by atoms with E-state index in [4.69, 9.17) is 0 Å². The summed E-state index contributed by atoms with van der Waals surface area (Å²) in [4.78, 5) is 10.5. The molecule has 9 heavy (non-hydrogen) atoms. The van der Waals surface area contributed by atoms with Crippen LogP contribution < -0.4 is 0 Å². The summed E-state index contributed by atoms with van der Waals surface area (Å²) in [6, 6.07) is 0. The summed E-state index contributed by atoms with van der Waals surface area (Å²) >= 11 is 0. The highest BCUT2D eigenvalue weighted by atomic mass is 16.7. The minimum absolute atomic E-state index is 0.119. The second-order valence-corrected chi connectivity index (χ2v) is 1.53. The number of hydrogen-bond acceptors (Lipinski definition) is 3. The fourth-order valence-electron chi connectivity index (χ4n) is 0.218. The molecule has 0 atom stereocenters. The molecule has 0 spiro atoms. The highest BCUT2D eigenvalue weighted by molar-refractivity contribution is 5.86. The van der Waals surface area contributed by atoms with Crippen LogP contribution in [0, 0.1) is 7.11 Å². The quantitative estimate of drug-likeness (QED) is 0.322. The number of carbonyl (C=O) groups is 1. The van der Waals surface area contributed by atoms with Crippen LogP contribution in [-0.4, -0.2) is 12.8 Å². The third-order valence-corrected chi connectivity index (χ3v) is 0.622. The number of ether oxygens (including phenoxy) is 2. The highest BCUT2D eigenvalue weighted by Gasteiger charge is 1.99. The molecule has 0 saturated carbocycles. The fourth-order valence-corrected chi connectivity index (χ4v) is 0.218. The smallest absolute Gasteiger partial charge is 0.335 e. The van der Waals surface area contributed by atoms with Gasteiger partial charge in [-0.1, -0.05) is 6.58 Å². The molecule has 0 aromatic rings. The Hall–Kier alpha value is -0.830. The first kappa shape index (κ1) is 8.17. The Labute approximate surface area is 54.3 Å². The van der Waals surface area contributed by atoms with Crippen LogP contribution in [0.15, 0.2) is 12.2 Å². The number of rotatable bonds is 3. The molecule has 0 aliphatic rings. The van der Waals surface area contributed by atoms with Gasteiger partial charge in [0, 0.05) is 5.57 Å². The average Bonchev–Trinajstić information content (AvgIpc) is 1.82. The molecule has 0 amide bonds. The molecule has 3 heteroatoms. The normalized spacial score (nSPS) is 8.67. The van der Waals surface area contributed by atoms with Crippen molar-refractivity contribution in [2.75, 3.05) is 6.79 Å². The summed E-state index contributed by atoms with van der Waals surface area (Å²) in [5.74, 6) is -0.460. The molecule has 1 radical (unpaired) electrons. The van der Waals surface area contributed by atoms with Gasteiger partial charge in [-0.3, -0.25) is 0 Å². The molecule has 0 unspecified atom stereocenters. The van der Waals surface area contributed by atoms with E-state index in [1.165, 1.54) is 0 Å². The van der Waals surface area contributed by atoms with Gasteiger partial charge in [0.15, 0.2) is 6.79 Å². The number of hydrogen-bond donors (Lipinski definition) is 0. The molecular weight excluding hydrogens is 120 g/mol. The van der Waals surface area contributed by atoms with Gasteiger partial charge in [-0.15, -0.1) is 0 Å². The second kappa shape index (κ2) is 4.09. The van der Waals surface area contributed by atoms with Gasteiger partial charge in [0.1, 0.15) is 0 Å². The van der Waals surface area contributed by atoms with E-state index in [2.05, 4.69) is 23.2 Å². The van der Waals surface area contributed by atoms with E-state index >= 15 is 0 Å². The Morgan fingerprint density at radius 1 is 1.67 bits per heavy atom. The Morgan fingerprint density at radius 2 is 2.22 bits per heavy atom. The summed E-state index contributed by atoms with van der Waals surface area (Å²) < 4.78 is 8.66. The van der Waals surface area contributed by atoms with Crippen LogP contribution in [0.4, 0.5) is 0 Å². The summed E-state index contributed by atoms with van der Waals surface area (Å²) in [5, 5.41) is 0. The van der Waals surface area contributed by atoms with Crippen LogP contribution in [0.3, 0.4) is 0 Å². The largest absolute Gasteiger partial charge is 0.435 e. The lowest BCUT2D eigenvalue weighted by atomic mass is 10.4. The van der Waals surface area contributed by atoms with E-state index in [-0.39, 0.29) is 6.79 Å². The molecule has 0 bridgehead atoms. The van der Waals surface area contributed by atoms with Gasteiger partial charge in [-0.05, 0) is 6.92 Å². The molecule has 0 aliphatic carbocycles. The maximum absolute atomic E-state index is 10.5. The van der Waals surface area contributed by atoms with Gasteiger partial charge in [0.2, 0.25) is 0 Å². The first-order chi connectivity index (χ1) is 4.18. The van der Waals surface area contributed by atoms with Crippen molar-refractivity contribution in [3.05, 3.63) is 19.3 Å². The van der Waals surface area contributed by atoms with Gasteiger partial charge in [0.25, 0.3) is 0 Å². The van der Waals surface area contributed by atoms with Crippen LogP contribution in [0.25, 0.3) is 0 Å². The molecule has 0 aromatic heterocycles. The Balaban J connectivity index is 3.39. The zero-order valence-corrected chi connectivity index (χ0v) is 5.35. The van der Waals surface area contributed by atoms with E-state index in [0.29, 0.717) is 5.57 Å². The van der Waals surface area contributed by atoms with Crippen LogP contribution in [-0.2, 0) is 14.3 Å². The number of carbonyl (C=O) groups excluding carboxylic acids is 1. The van der Waals surface area contributed by atoms with Crippen molar-refractivity contribution < 1.29 is 14.3 Å². The van der Waals surface area contributed by atoms with Gasteiger partial charge in [-0.2, -0.15) is 0 Å². The standard InChI is InChI=1S/C6H9O3/c1-5(2)6(7)9-4-8-3/h1,3-4H2,2H3. The van der Waals surface area contributed by atoms with Crippen molar-refractivity contribution in [3.8, 4) is 0 Å². The Bertz CT molecular complexity index is 117. The van der Waals surface area contributed by atoms with Crippen LogP contribution >= 0.6 is 0 Å². The first-order valence-electron chi connectivity index (χ1n) is 2.38. The minimum Gasteiger partial charge on any atom is -0.435 e. The van der Waals surface area contributed by atoms with E-state index in [9.17, 15) is 4.79 Å². The monoisotopic (exact) mass is 129 g/mol. The van der Waals surface area contributed by atoms with Crippen molar-refractivity contribution >= 4 is 5.97 Å². The molecule has 0 fully saturated rings. The van der Waals surface area contributed by atoms with E-state index < -0.39 is 5.97 Å². The zero-order valence-electron chi connectivity index (χ0n) is 5.35. The predicted octanol–water partition coefficient (Wildman–Crippen LogP) is 0.871. The summed E-state index contributed by atoms with van der Waals surface area (Å²) in [6.07, 6.45) is 0. The van der Waals surface area contributed by atoms with Crippen LogP contribution in [0.1, 0.15) is 6.92 Å². The molecule has 51 valence electrons. The maximum atomic E-state index is 10.5. The fraction of sp³-hybridized carbons (Fsp3) is 0.333. The van der Waals surface area contributed by atoms with E-state index in [1.807, 2.05) is 0 Å². The van der Waals surface area contributed by atoms with Crippen LogP contribution in [0.5, 0.6) is 0 Å². The third-order valence-electron chi connectivity index (χ3n) is 0.622. The zero-order chi connectivity index (χ0) is 7.28. The first-order valence-corrected chi connectivity index (χ1v) is 2.38. The second-order valence-electron chi connectivity index (χ2n) is 1.53. The van der Waals surface area contributed by atoms with Crippen molar-refractivity contribution in [2.45, 2.75) is 6.92 Å². The summed E-state index contributed by atoms with van der Waals surface area (Å²) in [5.41, 5.74) is 0.354. The topological polar surface area (TPSA) is 35.5 Å².